The van der Waals surface area contributed by atoms with Gasteiger partial charge in [0.2, 0.25) is 0 Å². The van der Waals surface area contributed by atoms with E-state index in [1.807, 2.05) is 50.5 Å². The summed E-state index contributed by atoms with van der Waals surface area (Å²) in [6.07, 6.45) is 1.94. The highest BCUT2D eigenvalue weighted by atomic mass is 32.2. The molecule has 146 valence electrons. The molecule has 1 aromatic carbocycles. The van der Waals surface area contributed by atoms with Crippen molar-refractivity contribution in [2.75, 3.05) is 0 Å². The van der Waals surface area contributed by atoms with Gasteiger partial charge in [-0.15, -0.1) is 0 Å². The van der Waals surface area contributed by atoms with Crippen LogP contribution >= 0.6 is 11.8 Å². The second kappa shape index (κ2) is 9.24. The summed E-state index contributed by atoms with van der Waals surface area (Å²) in [5.74, 6) is -0.226. The van der Waals surface area contributed by atoms with Gasteiger partial charge < -0.3 is 9.16 Å². The molecule has 0 saturated carbocycles. The smallest absolute Gasteiger partial charge is 0.309 e. The number of esters is 1. The SMILES string of the molecule is CC(C)(C)OC(=O)CC(/C=C/Sc1ccccc1)O[Si](C)(C)C(C)(C)C. The van der Waals surface area contributed by atoms with Crippen molar-refractivity contribution in [3.05, 3.63) is 41.8 Å². The van der Waals surface area contributed by atoms with Gasteiger partial charge in [-0.25, -0.2) is 0 Å². The summed E-state index contributed by atoms with van der Waals surface area (Å²) in [5, 5.41) is 2.09. The summed E-state index contributed by atoms with van der Waals surface area (Å²) in [6.45, 7) is 16.7. The van der Waals surface area contributed by atoms with Crippen LogP contribution in [-0.4, -0.2) is 26.0 Å². The van der Waals surface area contributed by atoms with Crippen LogP contribution in [0.15, 0.2) is 46.7 Å². The molecular formula is C21H34O3SSi. The number of benzene rings is 1. The molecule has 5 heteroatoms. The lowest BCUT2D eigenvalue weighted by atomic mass is 10.2. The third-order valence-corrected chi connectivity index (χ3v) is 9.62. The van der Waals surface area contributed by atoms with E-state index in [-0.39, 0.29) is 23.5 Å². The molecule has 0 aliphatic rings. The average Bonchev–Trinajstić information content (AvgIpc) is 2.44. The van der Waals surface area contributed by atoms with Gasteiger partial charge >= 0.3 is 5.97 Å². The predicted molar refractivity (Wildman–Crippen MR) is 114 cm³/mol. The molecule has 0 spiro atoms. The van der Waals surface area contributed by atoms with Crippen molar-refractivity contribution in [2.24, 2.45) is 0 Å². The van der Waals surface area contributed by atoms with Crippen molar-refractivity contribution >= 4 is 26.0 Å². The number of rotatable bonds is 7. The maximum Gasteiger partial charge on any atom is 0.309 e. The first-order valence-electron chi connectivity index (χ1n) is 9.08. The molecule has 0 heterocycles. The lowest BCUT2D eigenvalue weighted by Gasteiger charge is -2.38. The maximum absolute atomic E-state index is 12.3. The molecule has 26 heavy (non-hydrogen) atoms. The fraction of sp³-hybridized carbons (Fsp3) is 0.571. The minimum atomic E-state index is -1.99. The molecule has 1 rings (SSSR count). The Balaban J connectivity index is 2.85. The topological polar surface area (TPSA) is 35.5 Å². The van der Waals surface area contributed by atoms with E-state index in [1.165, 1.54) is 0 Å². The minimum absolute atomic E-state index is 0.0829. The molecule has 3 nitrogen and oxygen atoms in total. The highest BCUT2D eigenvalue weighted by Gasteiger charge is 2.39. The second-order valence-corrected chi connectivity index (χ2v) is 14.7. The zero-order valence-corrected chi connectivity index (χ0v) is 19.3. The molecule has 1 atom stereocenters. The summed E-state index contributed by atoms with van der Waals surface area (Å²) in [7, 11) is -1.99. The molecule has 1 aromatic rings. The zero-order valence-electron chi connectivity index (χ0n) is 17.5. The number of ether oxygens (including phenoxy) is 1. The Bertz CT molecular complexity index is 598. The second-order valence-electron chi connectivity index (χ2n) is 8.97. The molecule has 0 fully saturated rings. The lowest BCUT2D eigenvalue weighted by Crippen LogP contribution is -2.44. The van der Waals surface area contributed by atoms with Crippen molar-refractivity contribution in [3.63, 3.8) is 0 Å². The van der Waals surface area contributed by atoms with Gasteiger partial charge in [0.15, 0.2) is 8.32 Å². The van der Waals surface area contributed by atoms with Crippen LogP contribution < -0.4 is 0 Å². The first-order valence-corrected chi connectivity index (χ1v) is 12.9. The molecule has 0 saturated heterocycles. The van der Waals surface area contributed by atoms with Gasteiger partial charge in [0.05, 0.1) is 12.5 Å². The normalized spacial score (nSPS) is 14.5. The fourth-order valence-electron chi connectivity index (χ4n) is 1.96. The average molecular weight is 395 g/mol. The monoisotopic (exact) mass is 394 g/mol. The number of hydrogen-bond acceptors (Lipinski definition) is 4. The van der Waals surface area contributed by atoms with E-state index in [9.17, 15) is 4.79 Å². The summed E-state index contributed by atoms with van der Waals surface area (Å²) in [5.41, 5.74) is -0.485. The van der Waals surface area contributed by atoms with E-state index in [4.69, 9.17) is 9.16 Å². The van der Waals surface area contributed by atoms with Crippen LogP contribution in [0.3, 0.4) is 0 Å². The molecule has 0 aliphatic heterocycles. The van der Waals surface area contributed by atoms with Crippen LogP contribution in [0.1, 0.15) is 48.0 Å². The Labute approximate surface area is 164 Å². The zero-order chi connectivity index (χ0) is 20.0. The third-order valence-electron chi connectivity index (χ3n) is 4.28. The van der Waals surface area contributed by atoms with Crippen LogP contribution in [0.2, 0.25) is 18.1 Å². The van der Waals surface area contributed by atoms with E-state index in [2.05, 4.69) is 46.0 Å². The number of hydrogen-bond donors (Lipinski definition) is 0. The Kier molecular flexibility index (Phi) is 8.18. The summed E-state index contributed by atoms with van der Waals surface area (Å²) in [4.78, 5) is 13.5. The van der Waals surface area contributed by atoms with Crippen LogP contribution in [0.4, 0.5) is 0 Å². The van der Waals surface area contributed by atoms with E-state index in [0.717, 1.165) is 4.90 Å². The molecule has 0 aliphatic carbocycles. The van der Waals surface area contributed by atoms with Crippen molar-refractivity contribution in [3.8, 4) is 0 Å². The highest BCUT2D eigenvalue weighted by Crippen LogP contribution is 2.38. The van der Waals surface area contributed by atoms with Gasteiger partial charge in [-0.2, -0.15) is 0 Å². The Hall–Kier alpha value is -1.04. The van der Waals surface area contributed by atoms with E-state index in [1.54, 1.807) is 11.8 Å². The van der Waals surface area contributed by atoms with E-state index in [0.29, 0.717) is 0 Å². The van der Waals surface area contributed by atoms with Crippen LogP contribution in [0.5, 0.6) is 0 Å². The van der Waals surface area contributed by atoms with Gasteiger partial charge in [-0.05, 0) is 62.5 Å². The number of thioether (sulfide) groups is 1. The fourth-order valence-corrected chi connectivity index (χ4v) is 3.95. The van der Waals surface area contributed by atoms with E-state index >= 15 is 0 Å². The van der Waals surface area contributed by atoms with Gasteiger partial charge in [0, 0.05) is 4.90 Å². The Morgan fingerprint density at radius 2 is 1.69 bits per heavy atom. The van der Waals surface area contributed by atoms with Crippen molar-refractivity contribution in [1.82, 2.24) is 0 Å². The van der Waals surface area contributed by atoms with Crippen LogP contribution in [0.25, 0.3) is 0 Å². The molecule has 0 aromatic heterocycles. The Morgan fingerprint density at radius 3 is 2.19 bits per heavy atom. The largest absolute Gasteiger partial charge is 0.460 e. The molecule has 0 amide bonds. The Morgan fingerprint density at radius 1 is 1.12 bits per heavy atom. The van der Waals surface area contributed by atoms with Gasteiger partial charge in [0.25, 0.3) is 0 Å². The molecule has 1 unspecified atom stereocenters. The van der Waals surface area contributed by atoms with Crippen molar-refractivity contribution < 1.29 is 14.0 Å². The quantitative estimate of drug-likeness (QED) is 0.304. The minimum Gasteiger partial charge on any atom is -0.460 e. The van der Waals surface area contributed by atoms with Gasteiger partial charge in [-0.1, -0.05) is 50.7 Å². The van der Waals surface area contributed by atoms with E-state index < -0.39 is 13.9 Å². The first kappa shape index (κ1) is 23.0. The van der Waals surface area contributed by atoms with Crippen molar-refractivity contribution in [1.29, 1.82) is 0 Å². The van der Waals surface area contributed by atoms with Crippen LogP contribution in [-0.2, 0) is 14.0 Å². The summed E-state index contributed by atoms with van der Waals surface area (Å²) in [6, 6.07) is 10.2. The molecular weight excluding hydrogens is 360 g/mol. The standard InChI is InChI=1S/C21H34O3SSi/c1-20(2,3)23-19(22)16-17(24-26(7,8)21(4,5)6)14-15-25-18-12-10-9-11-13-18/h9-15,17H,16H2,1-8H3/b15-14+. The summed E-state index contributed by atoms with van der Waals surface area (Å²) < 4.78 is 12.0. The maximum atomic E-state index is 12.3. The number of carbonyl (C=O) groups is 1. The highest BCUT2D eigenvalue weighted by molar-refractivity contribution is 8.02. The summed E-state index contributed by atoms with van der Waals surface area (Å²) >= 11 is 1.63. The van der Waals surface area contributed by atoms with Crippen molar-refractivity contribution in [2.45, 2.75) is 82.7 Å². The lowest BCUT2D eigenvalue weighted by molar-refractivity contribution is -0.156. The predicted octanol–water partition coefficient (Wildman–Crippen LogP) is 6.41. The molecule has 0 bridgehead atoms. The molecule has 0 radical (unpaired) electrons. The number of carbonyl (C=O) groups excluding carboxylic acids is 1. The third kappa shape index (κ3) is 8.56. The van der Waals surface area contributed by atoms with Crippen LogP contribution in [0, 0.1) is 0 Å². The molecule has 0 N–H and O–H groups in total. The first-order chi connectivity index (χ1) is 11.8. The van der Waals surface area contributed by atoms with Gasteiger partial charge in [-0.3, -0.25) is 4.79 Å². The van der Waals surface area contributed by atoms with Gasteiger partial charge in [0.1, 0.15) is 5.60 Å².